The number of hydrogen-bond acceptors (Lipinski definition) is 3. The van der Waals surface area contributed by atoms with Gasteiger partial charge in [0.25, 0.3) is 11.8 Å². The zero-order valence-electron chi connectivity index (χ0n) is 19.3. The number of H-pyrrole nitrogens is 1. The van der Waals surface area contributed by atoms with Gasteiger partial charge in [-0.25, -0.2) is 4.39 Å². The van der Waals surface area contributed by atoms with Crippen LogP contribution in [0.4, 0.5) is 10.1 Å². The highest BCUT2D eigenvalue weighted by Crippen LogP contribution is 2.34. The number of rotatable bonds is 7. The molecule has 2 amide bonds. The Morgan fingerprint density at radius 2 is 1.87 bits per heavy atom. The lowest BCUT2D eigenvalue weighted by Gasteiger charge is -2.18. The van der Waals surface area contributed by atoms with Crippen LogP contribution in [0.5, 0.6) is 0 Å². The molecule has 1 aliphatic heterocycles. The average molecular weight is 429 g/mol. The number of carbonyl (C=O) groups excluding carboxylic acids is 2. The van der Waals surface area contributed by atoms with E-state index >= 15 is 0 Å². The van der Waals surface area contributed by atoms with Crippen molar-refractivity contribution in [3.05, 3.63) is 52.1 Å². The van der Waals surface area contributed by atoms with Crippen molar-refractivity contribution in [2.75, 3.05) is 31.5 Å². The van der Waals surface area contributed by atoms with Crippen LogP contribution in [0.1, 0.15) is 60.6 Å². The maximum absolute atomic E-state index is 13.7. The second kappa shape index (κ2) is 10.9. The fourth-order valence-corrected chi connectivity index (χ4v) is 3.66. The molecule has 0 saturated heterocycles. The van der Waals surface area contributed by atoms with Gasteiger partial charge < -0.3 is 20.5 Å². The van der Waals surface area contributed by atoms with E-state index in [0.717, 1.165) is 30.9 Å². The van der Waals surface area contributed by atoms with E-state index in [-0.39, 0.29) is 11.8 Å². The molecule has 0 fully saturated rings. The summed E-state index contributed by atoms with van der Waals surface area (Å²) in [5.74, 6) is -0.836. The molecule has 1 aromatic carbocycles. The maximum Gasteiger partial charge on any atom is 0.256 e. The van der Waals surface area contributed by atoms with Crippen molar-refractivity contribution in [2.24, 2.45) is 0 Å². The monoisotopic (exact) mass is 428 g/mol. The van der Waals surface area contributed by atoms with Crippen LogP contribution >= 0.6 is 0 Å². The largest absolute Gasteiger partial charge is 0.358 e. The predicted molar refractivity (Wildman–Crippen MR) is 125 cm³/mol. The number of nitrogens with zero attached hydrogens (tertiary/aromatic N) is 1. The van der Waals surface area contributed by atoms with E-state index in [1.807, 2.05) is 27.7 Å². The van der Waals surface area contributed by atoms with Crippen molar-refractivity contribution in [1.82, 2.24) is 15.2 Å². The molecular formula is C24H33FN4O2. The van der Waals surface area contributed by atoms with Crippen molar-refractivity contribution < 1.29 is 14.0 Å². The Bertz CT molecular complexity index is 974. The molecular weight excluding hydrogens is 395 g/mol. The van der Waals surface area contributed by atoms with Crippen molar-refractivity contribution in [2.45, 2.75) is 41.5 Å². The lowest BCUT2D eigenvalue weighted by Crippen LogP contribution is -2.35. The van der Waals surface area contributed by atoms with Crippen LogP contribution in [0, 0.1) is 19.7 Å². The number of amides is 2. The first kappa shape index (κ1) is 24.3. The third-order valence-corrected chi connectivity index (χ3v) is 5.36. The quantitative estimate of drug-likeness (QED) is 0.574. The van der Waals surface area contributed by atoms with Gasteiger partial charge in [0, 0.05) is 35.7 Å². The summed E-state index contributed by atoms with van der Waals surface area (Å²) in [5, 5.41) is 5.70. The van der Waals surface area contributed by atoms with Gasteiger partial charge in [-0.2, -0.15) is 0 Å². The van der Waals surface area contributed by atoms with Gasteiger partial charge in [0.05, 0.1) is 11.1 Å². The van der Waals surface area contributed by atoms with Gasteiger partial charge in [-0.15, -0.1) is 0 Å². The summed E-state index contributed by atoms with van der Waals surface area (Å²) >= 11 is 0. The summed E-state index contributed by atoms with van der Waals surface area (Å²) in [5.41, 5.74) is 4.20. The zero-order chi connectivity index (χ0) is 23.1. The number of likely N-dealkylation sites (N-methyl/N-ethyl adjacent to an activating group) is 1. The second-order valence-electron chi connectivity index (χ2n) is 7.15. The molecule has 3 N–H and O–H groups in total. The van der Waals surface area contributed by atoms with Crippen molar-refractivity contribution in [3.8, 4) is 0 Å². The summed E-state index contributed by atoms with van der Waals surface area (Å²) < 4.78 is 13.7. The average Bonchev–Trinajstić information content (AvgIpc) is 3.22. The number of benzene rings is 1. The second-order valence-corrected chi connectivity index (χ2v) is 7.15. The topological polar surface area (TPSA) is 77.2 Å². The molecule has 1 aliphatic rings. The van der Waals surface area contributed by atoms with Crippen LogP contribution in [-0.4, -0.2) is 47.9 Å². The lowest BCUT2D eigenvalue weighted by atomic mass is 10.0. The molecule has 0 bridgehead atoms. The molecule has 0 radical (unpaired) electrons. The first-order valence-electron chi connectivity index (χ1n) is 10.9. The van der Waals surface area contributed by atoms with Gasteiger partial charge >= 0.3 is 0 Å². The molecule has 0 spiro atoms. The minimum Gasteiger partial charge on any atom is -0.358 e. The first-order chi connectivity index (χ1) is 14.8. The fraction of sp³-hybridized carbons (Fsp3) is 0.417. The van der Waals surface area contributed by atoms with E-state index in [1.165, 1.54) is 12.1 Å². The van der Waals surface area contributed by atoms with Crippen LogP contribution in [0.15, 0.2) is 18.2 Å². The van der Waals surface area contributed by atoms with E-state index in [9.17, 15) is 14.0 Å². The number of nitrogens with one attached hydrogen (secondary N) is 3. The molecule has 168 valence electrons. The molecule has 6 nitrogen and oxygen atoms in total. The Balaban J connectivity index is 0.00000166. The van der Waals surface area contributed by atoms with Crippen LogP contribution in [0.3, 0.4) is 0 Å². The Morgan fingerprint density at radius 1 is 1.19 bits per heavy atom. The molecule has 2 heterocycles. The SMILES string of the molecule is CC.CCN(CC)CCNC(=O)c1c(C)[nH]c(/C=C2\C(=O)Nc3ccc(F)cc32)c1C. The molecule has 1 aromatic heterocycles. The van der Waals surface area contributed by atoms with Gasteiger partial charge in [-0.1, -0.05) is 27.7 Å². The summed E-state index contributed by atoms with van der Waals surface area (Å²) in [7, 11) is 0. The Morgan fingerprint density at radius 3 is 2.52 bits per heavy atom. The normalized spacial score (nSPS) is 13.7. The smallest absolute Gasteiger partial charge is 0.256 e. The number of aromatic amines is 1. The highest BCUT2D eigenvalue weighted by atomic mass is 19.1. The van der Waals surface area contributed by atoms with Crippen LogP contribution in [-0.2, 0) is 4.79 Å². The molecule has 0 saturated carbocycles. The molecule has 31 heavy (non-hydrogen) atoms. The molecule has 2 aromatic rings. The van der Waals surface area contributed by atoms with Crippen LogP contribution in [0.25, 0.3) is 11.6 Å². The number of halogens is 1. The highest BCUT2D eigenvalue weighted by molar-refractivity contribution is 6.34. The molecule has 3 rings (SSSR count). The highest BCUT2D eigenvalue weighted by Gasteiger charge is 2.26. The number of hydrogen-bond donors (Lipinski definition) is 3. The number of fused-ring (bicyclic) bond motifs is 1. The Kier molecular flexibility index (Phi) is 8.56. The maximum atomic E-state index is 13.7. The van der Waals surface area contributed by atoms with E-state index in [0.29, 0.717) is 34.6 Å². The van der Waals surface area contributed by atoms with Crippen LogP contribution < -0.4 is 10.6 Å². The minimum absolute atomic E-state index is 0.143. The van der Waals surface area contributed by atoms with Gasteiger partial charge in [-0.3, -0.25) is 9.59 Å². The van der Waals surface area contributed by atoms with Crippen molar-refractivity contribution in [3.63, 3.8) is 0 Å². The standard InChI is InChI=1S/C22H27FN4O2.C2H6/c1-5-27(6-2)10-9-24-22(29)20-13(3)19(25-14(20)4)12-17-16-11-15(23)7-8-18(16)26-21(17)28;1-2/h7-8,11-12,25H,5-6,9-10H2,1-4H3,(H,24,29)(H,26,28);1-2H3/b17-12-;. The molecule has 0 atom stereocenters. The zero-order valence-corrected chi connectivity index (χ0v) is 19.3. The summed E-state index contributed by atoms with van der Waals surface area (Å²) in [6, 6.07) is 4.20. The third kappa shape index (κ3) is 5.41. The predicted octanol–water partition coefficient (Wildman–Crippen LogP) is 4.36. The summed E-state index contributed by atoms with van der Waals surface area (Å²) in [6.45, 7) is 15.1. The van der Waals surface area contributed by atoms with E-state index < -0.39 is 5.82 Å². The van der Waals surface area contributed by atoms with Crippen molar-refractivity contribution >= 4 is 29.2 Å². The number of aromatic nitrogens is 1. The van der Waals surface area contributed by atoms with Gasteiger partial charge in [-0.05, 0) is 56.8 Å². The summed E-state index contributed by atoms with van der Waals surface area (Å²) in [6.07, 6.45) is 1.68. The number of anilines is 1. The van der Waals surface area contributed by atoms with E-state index in [1.54, 1.807) is 12.1 Å². The van der Waals surface area contributed by atoms with Gasteiger partial charge in [0.1, 0.15) is 5.82 Å². The first-order valence-corrected chi connectivity index (χ1v) is 10.9. The van der Waals surface area contributed by atoms with E-state index in [2.05, 4.69) is 34.4 Å². The summed E-state index contributed by atoms with van der Waals surface area (Å²) in [4.78, 5) is 30.5. The minimum atomic E-state index is -0.404. The molecule has 0 unspecified atom stereocenters. The Hall–Kier alpha value is -2.93. The third-order valence-electron chi connectivity index (χ3n) is 5.36. The number of aryl methyl sites for hydroxylation is 1. The van der Waals surface area contributed by atoms with Crippen molar-refractivity contribution in [1.29, 1.82) is 0 Å². The van der Waals surface area contributed by atoms with Gasteiger partial charge in [0.2, 0.25) is 0 Å². The molecule has 7 heteroatoms. The van der Waals surface area contributed by atoms with E-state index in [4.69, 9.17) is 0 Å². The van der Waals surface area contributed by atoms with Gasteiger partial charge in [0.15, 0.2) is 0 Å². The Labute approximate surface area is 183 Å². The number of carbonyl (C=O) groups is 2. The van der Waals surface area contributed by atoms with Crippen LogP contribution in [0.2, 0.25) is 0 Å². The molecule has 0 aliphatic carbocycles. The fourth-order valence-electron chi connectivity index (χ4n) is 3.66. The lowest BCUT2D eigenvalue weighted by molar-refractivity contribution is -0.110.